The van der Waals surface area contributed by atoms with Gasteiger partial charge < -0.3 is 24.8 Å². The van der Waals surface area contributed by atoms with Crippen molar-refractivity contribution in [3.05, 3.63) is 207 Å². The number of nitrogens with zero attached hydrogens (tertiary/aromatic N) is 10. The highest BCUT2D eigenvalue weighted by molar-refractivity contribution is 6.34. The average Bonchev–Trinajstić information content (AvgIpc) is 1.26. The molecule has 86 heavy (non-hydrogen) atoms. The third kappa shape index (κ3) is 11.7. The van der Waals surface area contributed by atoms with Crippen LogP contribution in [0.5, 0.6) is 17.2 Å². The predicted molar refractivity (Wildman–Crippen MR) is 309 cm³/mol. The first-order valence-electron chi connectivity index (χ1n) is 26.8. The summed E-state index contributed by atoms with van der Waals surface area (Å²) in [6.07, 6.45) is 13.1. The van der Waals surface area contributed by atoms with Gasteiger partial charge in [-0.1, -0.05) is 41.4 Å². The molecule has 14 rings (SSSR count). The number of benzene rings is 5. The Morgan fingerprint density at radius 2 is 1.23 bits per heavy atom. The molecular weight excluding hydrogens is 1170 g/mol. The van der Waals surface area contributed by atoms with Crippen molar-refractivity contribution in [1.29, 1.82) is 0 Å². The number of ether oxygens (including phenoxy) is 3. The van der Waals surface area contributed by atoms with E-state index < -0.39 is 70.8 Å². The van der Waals surface area contributed by atoms with Gasteiger partial charge in [0, 0.05) is 71.1 Å². The molecular formula is C59H48Cl2F6N12O7. The first-order chi connectivity index (χ1) is 41.5. The molecule has 10 aromatic rings. The van der Waals surface area contributed by atoms with Gasteiger partial charge in [0.15, 0.2) is 29.0 Å². The van der Waals surface area contributed by atoms with Gasteiger partial charge in [0.25, 0.3) is 0 Å². The number of pyridine rings is 2. The largest absolute Gasteiger partial charge is 0.497 e. The third-order valence-electron chi connectivity index (χ3n) is 14.5. The molecule has 19 nitrogen and oxygen atoms in total. The van der Waals surface area contributed by atoms with Crippen LogP contribution < -0.4 is 47.6 Å². The summed E-state index contributed by atoms with van der Waals surface area (Å²) in [6.45, 7) is -0.610. The molecule has 4 aliphatic rings. The minimum Gasteiger partial charge on any atom is -0.497 e. The molecule has 0 atom stereocenters. The number of rotatable bonds is 5. The quantitative estimate of drug-likeness (QED) is 0.121. The third-order valence-corrected chi connectivity index (χ3v) is 15.0. The van der Waals surface area contributed by atoms with E-state index in [1.807, 2.05) is 24.4 Å². The van der Waals surface area contributed by atoms with E-state index in [1.165, 1.54) is 25.7 Å². The van der Waals surface area contributed by atoms with Crippen molar-refractivity contribution in [1.82, 2.24) is 48.0 Å². The van der Waals surface area contributed by atoms with E-state index >= 15 is 0 Å². The summed E-state index contributed by atoms with van der Waals surface area (Å²) in [4.78, 5) is 71.8. The van der Waals surface area contributed by atoms with Crippen molar-refractivity contribution in [2.24, 2.45) is 7.05 Å². The molecule has 0 saturated heterocycles. The lowest BCUT2D eigenvalue weighted by Gasteiger charge is -2.19. The first-order valence-corrected chi connectivity index (χ1v) is 27.6. The van der Waals surface area contributed by atoms with Gasteiger partial charge in [-0.25, -0.2) is 54.7 Å². The number of hydrogen-bond donors (Lipinski definition) is 2. The van der Waals surface area contributed by atoms with Crippen LogP contribution in [0.1, 0.15) is 60.8 Å². The second kappa shape index (κ2) is 24.6. The molecule has 0 unspecified atom stereocenters. The molecule has 5 aromatic heterocycles. The van der Waals surface area contributed by atoms with E-state index in [4.69, 9.17) is 37.4 Å². The van der Waals surface area contributed by atoms with Crippen LogP contribution in [-0.2, 0) is 33.0 Å². The molecule has 442 valence electrons. The first kappa shape index (κ1) is 58.3. The highest BCUT2D eigenvalue weighted by atomic mass is 35.5. The molecule has 5 aromatic carbocycles. The Balaban J connectivity index is 0.000000179. The van der Waals surface area contributed by atoms with Gasteiger partial charge in [-0.3, -0.25) is 23.8 Å². The lowest BCUT2D eigenvalue weighted by Crippen LogP contribution is -2.42. The zero-order valence-electron chi connectivity index (χ0n) is 45.6. The maximum Gasteiger partial charge on any atom is 0.359 e. The van der Waals surface area contributed by atoms with Crippen LogP contribution >= 0.6 is 23.2 Å². The number of aryl methyl sites for hydroxylation is 3. The summed E-state index contributed by atoms with van der Waals surface area (Å²) in [6, 6.07) is 14.3. The van der Waals surface area contributed by atoms with Crippen molar-refractivity contribution in [3.63, 3.8) is 0 Å². The Bertz CT molecular complexity index is 4570. The topological polar surface area (TPSA) is 209 Å². The molecule has 9 heterocycles. The van der Waals surface area contributed by atoms with Crippen LogP contribution in [0, 0.1) is 34.9 Å². The molecule has 0 saturated carbocycles. The molecule has 0 radical (unpaired) electrons. The maximum atomic E-state index is 14.8. The van der Waals surface area contributed by atoms with Crippen molar-refractivity contribution in [2.75, 3.05) is 31.0 Å². The number of aromatic nitrogens is 10. The second-order valence-corrected chi connectivity index (χ2v) is 20.9. The number of hydrogen-bond acceptors (Lipinski definition) is 14. The second-order valence-electron chi connectivity index (χ2n) is 20.1. The van der Waals surface area contributed by atoms with Gasteiger partial charge in [0.2, 0.25) is 11.9 Å². The number of anilines is 4. The Morgan fingerprint density at radius 1 is 0.628 bits per heavy atom. The molecule has 27 heteroatoms. The van der Waals surface area contributed by atoms with E-state index in [0.29, 0.717) is 93.9 Å². The number of nitrogens with one attached hydrogen (secondary N) is 2. The summed E-state index contributed by atoms with van der Waals surface area (Å²) in [7, 11) is 3.28. The smallest absolute Gasteiger partial charge is 0.359 e. The van der Waals surface area contributed by atoms with E-state index in [0.717, 1.165) is 62.3 Å². The highest BCUT2D eigenvalue weighted by Gasteiger charge is 2.26. The fourth-order valence-corrected chi connectivity index (χ4v) is 10.8. The van der Waals surface area contributed by atoms with Gasteiger partial charge in [-0.15, -0.1) is 0 Å². The Morgan fingerprint density at radius 3 is 1.91 bits per heavy atom. The number of fused-ring (bicyclic) bond motifs is 15. The molecule has 0 fully saturated rings. The summed E-state index contributed by atoms with van der Waals surface area (Å²) in [5.74, 6) is -7.21. The molecule has 0 aliphatic carbocycles. The molecule has 4 bridgehead atoms. The fraction of sp³-hybridized carbons (Fsp3) is 0.237. The zero-order chi connectivity index (χ0) is 60.5. The number of methoxy groups -OCH3 is 1. The van der Waals surface area contributed by atoms with E-state index in [9.17, 15) is 45.5 Å². The lowest BCUT2D eigenvalue weighted by atomic mass is 9.99. The standard InChI is InChI=1S/C31H26F3N5O4.C28H22Cl2F3N7O3/c1-42-21-9-10-25-27(13-21)43-11-4-2-3-6-18-7-5-8-19-15-35-16-26(28(18)19)39-30(40)37-29(36-25)38(31(39)41)17-20-12-23(33)24(34)14-22(20)32;1-38-13-16-15-5-3-2-4-6-43-25-18(30)10-34-11-23(25)40-27(41)36-26(35-24(15)17(29)8-22(16)37-38)39(28(40)42)12-14-7-20(32)21(33)9-19(14)31/h5,7-10,12-16H,2-4,6,11,17H2,1H3,(H,36,37,40);7-11,13H,2-6,12H2,1H3,(H,35,36,41). The monoisotopic (exact) mass is 1220 g/mol. The molecule has 0 amide bonds. The van der Waals surface area contributed by atoms with Crippen LogP contribution in [-0.4, -0.2) is 68.3 Å². The van der Waals surface area contributed by atoms with E-state index in [1.54, 1.807) is 42.2 Å². The zero-order valence-corrected chi connectivity index (χ0v) is 47.1. The van der Waals surface area contributed by atoms with Crippen molar-refractivity contribution in [2.45, 2.75) is 64.5 Å². The van der Waals surface area contributed by atoms with Crippen molar-refractivity contribution in [3.8, 4) is 28.6 Å². The summed E-state index contributed by atoms with van der Waals surface area (Å²) < 4.78 is 108. The van der Waals surface area contributed by atoms with Gasteiger partial charge in [0.05, 0.1) is 73.4 Å². The lowest BCUT2D eigenvalue weighted by molar-refractivity contribution is 0.303. The van der Waals surface area contributed by atoms with Crippen LogP contribution in [0.25, 0.3) is 33.1 Å². The van der Waals surface area contributed by atoms with E-state index in [-0.39, 0.29) is 56.8 Å². The summed E-state index contributed by atoms with van der Waals surface area (Å²) >= 11 is 13.1. The Hall–Kier alpha value is -9.49. The number of halogens is 8. The predicted octanol–water partition coefficient (Wildman–Crippen LogP) is 10.6. The molecule has 4 aliphatic heterocycles. The minimum absolute atomic E-state index is 0.0298. The molecule has 0 spiro atoms. The van der Waals surface area contributed by atoms with Crippen LogP contribution in [0.4, 0.5) is 49.6 Å². The molecule has 2 N–H and O–H groups in total. The van der Waals surface area contributed by atoms with Gasteiger partial charge in [0.1, 0.15) is 33.8 Å². The summed E-state index contributed by atoms with van der Waals surface area (Å²) in [5.41, 5.74) is -1.40. The normalized spacial score (nSPS) is 13.4. The summed E-state index contributed by atoms with van der Waals surface area (Å²) in [5, 5.41) is 12.9. The van der Waals surface area contributed by atoms with Gasteiger partial charge in [-0.2, -0.15) is 15.1 Å². The fourth-order valence-electron chi connectivity index (χ4n) is 10.3. The van der Waals surface area contributed by atoms with Crippen LogP contribution in [0.2, 0.25) is 10.0 Å². The van der Waals surface area contributed by atoms with Gasteiger partial charge in [-0.05, 0) is 92.8 Å². The Kier molecular flexibility index (Phi) is 16.7. The van der Waals surface area contributed by atoms with Gasteiger partial charge >= 0.3 is 22.8 Å². The van der Waals surface area contributed by atoms with Crippen LogP contribution in [0.3, 0.4) is 0 Å². The maximum absolute atomic E-state index is 14.8. The SMILES string of the molecule is COc1ccc2c(c1)OCCCCCc1cccc3cncc(c13)-n1c(=O)nc(n(Cc3cc(F)c(F)cc3F)c1=O)N2.Cn1cc2c3c(c(Cl)cc2n1)Nc1nc(=O)n(c(=O)n1Cc1cc(F)c(F)cc1F)-c1cncc(Cl)c1OCCCCC3. The van der Waals surface area contributed by atoms with E-state index in [2.05, 4.69) is 35.7 Å². The van der Waals surface area contributed by atoms with Crippen molar-refractivity contribution >= 4 is 68.1 Å². The highest BCUT2D eigenvalue weighted by Crippen LogP contribution is 2.38. The van der Waals surface area contributed by atoms with Crippen molar-refractivity contribution < 1.29 is 40.6 Å². The minimum atomic E-state index is -1.39. The average molecular weight is 1220 g/mol. The van der Waals surface area contributed by atoms with Crippen LogP contribution in [0.15, 0.2) is 117 Å². The Labute approximate surface area is 492 Å².